The summed E-state index contributed by atoms with van der Waals surface area (Å²) in [6.45, 7) is 0.340. The Hall–Kier alpha value is -3.93. The lowest BCUT2D eigenvalue weighted by molar-refractivity contribution is -0.117. The van der Waals surface area contributed by atoms with Crippen molar-refractivity contribution in [2.45, 2.75) is 19.4 Å². The number of fused-ring (bicyclic) bond motifs is 1. The molecular formula is C26H22FN3O2. The molecule has 3 aromatic carbocycles. The minimum atomic E-state index is -0.320. The van der Waals surface area contributed by atoms with Crippen LogP contribution in [0.2, 0.25) is 0 Å². The number of amides is 2. The second-order valence-corrected chi connectivity index (χ2v) is 8.10. The number of aromatic nitrogens is 1. The molecule has 1 heterocycles. The molecule has 1 fully saturated rings. The number of hydrogen-bond acceptors (Lipinski definition) is 2. The second-order valence-electron chi connectivity index (χ2n) is 8.10. The molecule has 1 aliphatic carbocycles. The second kappa shape index (κ2) is 8.30. The number of carbonyl (C=O) groups is 2. The molecular weight excluding hydrogens is 405 g/mol. The maximum absolute atomic E-state index is 13.8. The van der Waals surface area contributed by atoms with Crippen molar-refractivity contribution in [3.05, 3.63) is 95.9 Å². The first-order chi connectivity index (χ1) is 15.6. The lowest BCUT2D eigenvalue weighted by Crippen LogP contribution is -2.17. The van der Waals surface area contributed by atoms with Crippen LogP contribution in [0, 0.1) is 11.7 Å². The summed E-state index contributed by atoms with van der Waals surface area (Å²) in [6, 6.07) is 23.0. The van der Waals surface area contributed by atoms with Crippen LogP contribution in [0.3, 0.4) is 0 Å². The number of rotatable bonds is 6. The van der Waals surface area contributed by atoms with E-state index in [-0.39, 0.29) is 23.5 Å². The molecule has 5 nitrogen and oxygen atoms in total. The van der Waals surface area contributed by atoms with Gasteiger partial charge in [-0.15, -0.1) is 0 Å². The fourth-order valence-corrected chi connectivity index (χ4v) is 3.83. The fraction of sp³-hybridized carbons (Fsp3) is 0.154. The Labute approximate surface area is 184 Å². The van der Waals surface area contributed by atoms with Crippen molar-refractivity contribution in [1.82, 2.24) is 4.57 Å². The summed E-state index contributed by atoms with van der Waals surface area (Å²) in [7, 11) is 0. The number of para-hydroxylation sites is 1. The molecule has 1 aliphatic rings. The first kappa shape index (κ1) is 20.0. The number of nitrogens with one attached hydrogen (secondary N) is 2. The van der Waals surface area contributed by atoms with Crippen LogP contribution >= 0.6 is 0 Å². The summed E-state index contributed by atoms with van der Waals surface area (Å²) in [6.07, 6.45) is 1.86. The van der Waals surface area contributed by atoms with Gasteiger partial charge in [0.2, 0.25) is 5.91 Å². The molecule has 2 amide bonds. The number of anilines is 2. The van der Waals surface area contributed by atoms with Crippen LogP contribution in [-0.4, -0.2) is 16.4 Å². The molecule has 5 rings (SSSR count). The largest absolute Gasteiger partial charge is 0.332 e. The van der Waals surface area contributed by atoms with E-state index in [9.17, 15) is 14.0 Å². The van der Waals surface area contributed by atoms with Crippen LogP contribution in [0.5, 0.6) is 0 Å². The van der Waals surface area contributed by atoms with E-state index in [0.29, 0.717) is 23.6 Å². The number of nitrogens with zero attached hydrogens (tertiary/aromatic N) is 1. The van der Waals surface area contributed by atoms with E-state index in [1.165, 1.54) is 12.1 Å². The normalized spacial score (nSPS) is 13.2. The van der Waals surface area contributed by atoms with Crippen molar-refractivity contribution in [2.24, 2.45) is 5.92 Å². The van der Waals surface area contributed by atoms with Gasteiger partial charge in [0.05, 0.1) is 0 Å². The van der Waals surface area contributed by atoms with Crippen molar-refractivity contribution < 1.29 is 14.0 Å². The van der Waals surface area contributed by atoms with Gasteiger partial charge in [-0.1, -0.05) is 30.3 Å². The zero-order valence-corrected chi connectivity index (χ0v) is 17.3. The van der Waals surface area contributed by atoms with Gasteiger partial charge in [-0.3, -0.25) is 9.59 Å². The maximum Gasteiger partial charge on any atom is 0.272 e. The van der Waals surface area contributed by atoms with E-state index in [1.54, 1.807) is 12.1 Å². The Morgan fingerprint density at radius 1 is 0.875 bits per heavy atom. The zero-order chi connectivity index (χ0) is 22.1. The Morgan fingerprint density at radius 2 is 1.69 bits per heavy atom. The minimum absolute atomic E-state index is 0.0330. The Morgan fingerprint density at radius 3 is 2.44 bits per heavy atom. The van der Waals surface area contributed by atoms with Gasteiger partial charge in [-0.25, -0.2) is 4.39 Å². The molecule has 6 heteroatoms. The molecule has 1 saturated carbocycles. The summed E-state index contributed by atoms with van der Waals surface area (Å²) < 4.78 is 15.6. The molecule has 0 spiro atoms. The Balaban J connectivity index is 1.52. The molecule has 0 unspecified atom stereocenters. The Kier molecular flexibility index (Phi) is 5.19. The molecule has 0 aliphatic heterocycles. The van der Waals surface area contributed by atoms with Crippen LogP contribution in [0.4, 0.5) is 15.8 Å². The van der Waals surface area contributed by atoms with Gasteiger partial charge in [-0.2, -0.15) is 0 Å². The summed E-state index contributed by atoms with van der Waals surface area (Å²) in [5, 5.41) is 6.70. The molecule has 1 aromatic heterocycles. The third-order valence-electron chi connectivity index (χ3n) is 5.61. The fourth-order valence-electron chi connectivity index (χ4n) is 3.83. The molecule has 0 radical (unpaired) electrons. The highest BCUT2D eigenvalue weighted by atomic mass is 19.1. The minimum Gasteiger partial charge on any atom is -0.332 e. The van der Waals surface area contributed by atoms with E-state index >= 15 is 0 Å². The van der Waals surface area contributed by atoms with Crippen molar-refractivity contribution in [1.29, 1.82) is 0 Å². The average molecular weight is 427 g/mol. The first-order valence-electron chi connectivity index (χ1n) is 10.6. The summed E-state index contributed by atoms with van der Waals surface area (Å²) in [5.41, 5.74) is 3.43. The van der Waals surface area contributed by atoms with Crippen molar-refractivity contribution in [3.63, 3.8) is 0 Å². The van der Waals surface area contributed by atoms with Gasteiger partial charge >= 0.3 is 0 Å². The van der Waals surface area contributed by atoms with Crippen LogP contribution in [-0.2, 0) is 11.3 Å². The van der Waals surface area contributed by atoms with E-state index in [1.807, 2.05) is 59.2 Å². The highest BCUT2D eigenvalue weighted by Crippen LogP contribution is 2.31. The van der Waals surface area contributed by atoms with Gasteiger partial charge in [0.15, 0.2) is 0 Å². The van der Waals surface area contributed by atoms with Crippen molar-refractivity contribution in [2.75, 3.05) is 10.6 Å². The smallest absolute Gasteiger partial charge is 0.272 e. The maximum atomic E-state index is 13.8. The standard InChI is InChI=1S/C26H22FN3O2/c27-20-6-4-5-17(13-20)16-30-23-12-11-22(29-25(31)18-9-10-18)14-19(23)15-24(30)26(32)28-21-7-2-1-3-8-21/h1-8,11-15,18H,9-10,16H2,(H,28,32)(H,29,31). The van der Waals surface area contributed by atoms with Crippen molar-refractivity contribution in [3.8, 4) is 0 Å². The third kappa shape index (κ3) is 4.25. The van der Waals surface area contributed by atoms with Crippen LogP contribution < -0.4 is 10.6 Å². The molecule has 0 saturated heterocycles. The van der Waals surface area contributed by atoms with E-state index in [4.69, 9.17) is 0 Å². The zero-order valence-electron chi connectivity index (χ0n) is 17.3. The van der Waals surface area contributed by atoms with E-state index < -0.39 is 0 Å². The molecule has 2 N–H and O–H groups in total. The van der Waals surface area contributed by atoms with Gasteiger partial charge in [0.1, 0.15) is 11.5 Å². The molecule has 0 bridgehead atoms. The van der Waals surface area contributed by atoms with Crippen LogP contribution in [0.25, 0.3) is 10.9 Å². The molecule has 4 aromatic rings. The summed E-state index contributed by atoms with van der Waals surface area (Å²) >= 11 is 0. The topological polar surface area (TPSA) is 63.1 Å². The number of benzene rings is 3. The van der Waals surface area contributed by atoms with E-state index in [0.717, 1.165) is 29.3 Å². The number of halogens is 1. The lowest BCUT2D eigenvalue weighted by Gasteiger charge is -2.12. The quantitative estimate of drug-likeness (QED) is 0.431. The Bertz CT molecular complexity index is 1310. The van der Waals surface area contributed by atoms with Crippen molar-refractivity contribution >= 4 is 34.1 Å². The highest BCUT2D eigenvalue weighted by Gasteiger charge is 2.29. The van der Waals surface area contributed by atoms with Crippen LogP contribution in [0.1, 0.15) is 28.9 Å². The van der Waals surface area contributed by atoms with Gasteiger partial charge < -0.3 is 15.2 Å². The van der Waals surface area contributed by atoms with Gasteiger partial charge in [0.25, 0.3) is 5.91 Å². The predicted octanol–water partition coefficient (Wildman–Crippen LogP) is 5.43. The number of carbonyl (C=O) groups excluding carboxylic acids is 2. The predicted molar refractivity (Wildman–Crippen MR) is 123 cm³/mol. The lowest BCUT2D eigenvalue weighted by atomic mass is 10.2. The van der Waals surface area contributed by atoms with Gasteiger partial charge in [0, 0.05) is 34.7 Å². The third-order valence-corrected chi connectivity index (χ3v) is 5.61. The number of hydrogen-bond donors (Lipinski definition) is 2. The SMILES string of the molecule is O=C(Nc1ccccc1)c1cc2cc(NC(=O)C3CC3)ccc2n1Cc1cccc(F)c1. The van der Waals surface area contributed by atoms with E-state index in [2.05, 4.69) is 10.6 Å². The van der Waals surface area contributed by atoms with Gasteiger partial charge in [-0.05, 0) is 66.9 Å². The monoisotopic (exact) mass is 427 g/mol. The molecule has 0 atom stereocenters. The van der Waals surface area contributed by atoms with Crippen LogP contribution in [0.15, 0.2) is 78.9 Å². The summed E-state index contributed by atoms with van der Waals surface area (Å²) in [4.78, 5) is 25.3. The molecule has 32 heavy (non-hydrogen) atoms. The first-order valence-corrected chi connectivity index (χ1v) is 10.6. The summed E-state index contributed by atoms with van der Waals surface area (Å²) in [5.74, 6) is -0.437. The average Bonchev–Trinajstić information content (AvgIpc) is 3.58. The highest BCUT2D eigenvalue weighted by molar-refractivity contribution is 6.07. The molecule has 160 valence electrons.